The van der Waals surface area contributed by atoms with Gasteiger partial charge in [-0.05, 0) is 56.2 Å². The Morgan fingerprint density at radius 2 is 1.88 bits per heavy atom. The number of hydrogen-bond donors (Lipinski definition) is 2. The molecule has 0 bridgehead atoms. The predicted molar refractivity (Wildman–Crippen MR) is 109 cm³/mol. The van der Waals surface area contributed by atoms with E-state index in [1.807, 2.05) is 14.0 Å². The maximum atomic E-state index is 12.8. The summed E-state index contributed by atoms with van der Waals surface area (Å²) in [5, 5.41) is 8.95. The molecule has 26 heavy (non-hydrogen) atoms. The molecule has 2 N–H and O–H groups in total. The summed E-state index contributed by atoms with van der Waals surface area (Å²) in [6.07, 6.45) is 4.42. The van der Waals surface area contributed by atoms with Crippen LogP contribution in [0, 0.1) is 13.8 Å². The molecular weight excluding hydrogens is 324 g/mol. The Kier molecular flexibility index (Phi) is 7.46. The molecular formula is C22H32N2O2. The fourth-order valence-electron chi connectivity index (χ4n) is 3.66. The molecule has 0 atom stereocenters. The number of aryl methyl sites for hydroxylation is 2. The number of pyridine rings is 1. The van der Waals surface area contributed by atoms with E-state index < -0.39 is 0 Å². The number of nitrogens with one attached hydrogen (secondary N) is 1. The highest BCUT2D eigenvalue weighted by molar-refractivity contribution is 5.57. The molecule has 2 rings (SSSR count). The first-order valence-electron chi connectivity index (χ1n) is 9.60. The maximum absolute atomic E-state index is 12.8. The fraction of sp³-hybridized carbons (Fsp3) is 0.500. The van der Waals surface area contributed by atoms with Crippen molar-refractivity contribution in [1.29, 1.82) is 0 Å². The molecule has 0 aliphatic carbocycles. The molecule has 1 aromatic heterocycles. The number of aromatic nitrogens is 1. The minimum atomic E-state index is -0.00740. The van der Waals surface area contributed by atoms with Crippen LogP contribution in [0.25, 0.3) is 0 Å². The van der Waals surface area contributed by atoms with Crippen LogP contribution in [-0.2, 0) is 12.8 Å². The number of unbranched alkanes of at least 4 members (excludes halogenated alkanes) is 2. The van der Waals surface area contributed by atoms with E-state index in [2.05, 4.69) is 48.0 Å². The van der Waals surface area contributed by atoms with Gasteiger partial charge in [0.1, 0.15) is 5.69 Å². The number of aliphatic hydroxyl groups excluding tert-OH is 1. The highest BCUT2D eigenvalue weighted by Gasteiger charge is 2.18. The van der Waals surface area contributed by atoms with Crippen molar-refractivity contribution in [3.8, 4) is 0 Å². The molecule has 4 nitrogen and oxygen atoms in total. The lowest BCUT2D eigenvalue weighted by Gasteiger charge is -2.24. The molecule has 0 spiro atoms. The van der Waals surface area contributed by atoms with Crippen molar-refractivity contribution in [1.82, 2.24) is 4.98 Å². The smallest absolute Gasteiger partial charge is 0.271 e. The van der Waals surface area contributed by atoms with Crippen LogP contribution >= 0.6 is 0 Å². The molecule has 0 unspecified atom stereocenters. The zero-order chi connectivity index (χ0) is 19.1. The van der Waals surface area contributed by atoms with Gasteiger partial charge in [-0.2, -0.15) is 0 Å². The quantitative estimate of drug-likeness (QED) is 0.673. The van der Waals surface area contributed by atoms with Gasteiger partial charge in [0.2, 0.25) is 0 Å². The van der Waals surface area contributed by atoms with Gasteiger partial charge >= 0.3 is 0 Å². The highest BCUT2D eigenvalue weighted by Crippen LogP contribution is 2.25. The molecule has 0 radical (unpaired) electrons. The van der Waals surface area contributed by atoms with Gasteiger partial charge < -0.3 is 15.0 Å². The minimum Gasteiger partial charge on any atom is -0.396 e. The maximum Gasteiger partial charge on any atom is 0.271 e. The van der Waals surface area contributed by atoms with Crippen molar-refractivity contribution in [2.75, 3.05) is 25.1 Å². The number of benzene rings is 1. The van der Waals surface area contributed by atoms with Gasteiger partial charge in [-0.25, -0.2) is 0 Å². The number of H-pyrrole nitrogens is 1. The molecule has 0 aliphatic rings. The van der Waals surface area contributed by atoms with Gasteiger partial charge in [0.25, 0.3) is 5.56 Å². The van der Waals surface area contributed by atoms with Crippen LogP contribution < -0.4 is 10.5 Å². The van der Waals surface area contributed by atoms with Crippen LogP contribution in [0.5, 0.6) is 0 Å². The standard InChI is InChI=1S/C22H32N2O2/c1-5-19-17(3)23-22(26)21(24(4)12-7-6-8-13-25)20(19)15-18-11-9-10-16(2)14-18/h9-11,14,25H,5-8,12-13,15H2,1-4H3,(H,23,26). The summed E-state index contributed by atoms with van der Waals surface area (Å²) in [5.41, 5.74) is 6.61. The second kappa shape index (κ2) is 9.58. The van der Waals surface area contributed by atoms with Crippen LogP contribution in [-0.4, -0.2) is 30.3 Å². The summed E-state index contributed by atoms with van der Waals surface area (Å²) in [4.78, 5) is 17.9. The van der Waals surface area contributed by atoms with E-state index >= 15 is 0 Å². The van der Waals surface area contributed by atoms with E-state index in [1.54, 1.807) is 0 Å². The van der Waals surface area contributed by atoms with Crippen molar-refractivity contribution in [3.05, 3.63) is 62.6 Å². The van der Waals surface area contributed by atoms with Crippen LogP contribution in [0.2, 0.25) is 0 Å². The average molecular weight is 357 g/mol. The highest BCUT2D eigenvalue weighted by atomic mass is 16.2. The lowest BCUT2D eigenvalue weighted by molar-refractivity contribution is 0.283. The number of aliphatic hydroxyl groups is 1. The molecule has 2 aromatic rings. The Morgan fingerprint density at radius 1 is 1.12 bits per heavy atom. The normalized spacial score (nSPS) is 11.0. The summed E-state index contributed by atoms with van der Waals surface area (Å²) >= 11 is 0. The van der Waals surface area contributed by atoms with Crippen LogP contribution in [0.15, 0.2) is 29.1 Å². The van der Waals surface area contributed by atoms with Crippen molar-refractivity contribution in [2.24, 2.45) is 0 Å². The first kappa shape index (κ1) is 20.2. The van der Waals surface area contributed by atoms with E-state index in [4.69, 9.17) is 5.11 Å². The Labute approximate surface area is 156 Å². The third-order valence-corrected chi connectivity index (χ3v) is 4.97. The molecule has 0 fully saturated rings. The summed E-state index contributed by atoms with van der Waals surface area (Å²) in [5.74, 6) is 0. The summed E-state index contributed by atoms with van der Waals surface area (Å²) in [6.45, 7) is 7.28. The molecule has 0 saturated heterocycles. The topological polar surface area (TPSA) is 56.3 Å². The molecule has 142 valence electrons. The second-order valence-corrected chi connectivity index (χ2v) is 7.11. The Hall–Kier alpha value is -2.07. The summed E-state index contributed by atoms with van der Waals surface area (Å²) in [7, 11) is 2.00. The Morgan fingerprint density at radius 3 is 2.54 bits per heavy atom. The van der Waals surface area contributed by atoms with Gasteiger partial charge in [0.05, 0.1) is 0 Å². The second-order valence-electron chi connectivity index (χ2n) is 7.11. The third-order valence-electron chi connectivity index (χ3n) is 4.97. The molecule has 4 heteroatoms. The summed E-state index contributed by atoms with van der Waals surface area (Å²) in [6, 6.07) is 8.51. The van der Waals surface area contributed by atoms with Crippen molar-refractivity contribution >= 4 is 5.69 Å². The van der Waals surface area contributed by atoms with E-state index in [1.165, 1.54) is 16.7 Å². The first-order chi connectivity index (χ1) is 12.5. The zero-order valence-corrected chi connectivity index (χ0v) is 16.6. The average Bonchev–Trinajstić information content (AvgIpc) is 2.58. The number of nitrogens with zero attached hydrogens (tertiary/aromatic N) is 1. The van der Waals surface area contributed by atoms with E-state index in [0.29, 0.717) is 0 Å². The molecule has 1 heterocycles. The predicted octanol–water partition coefficient (Wildman–Crippen LogP) is 3.74. The van der Waals surface area contributed by atoms with Crippen LogP contribution in [0.1, 0.15) is 54.1 Å². The van der Waals surface area contributed by atoms with E-state index in [-0.39, 0.29) is 12.2 Å². The lowest BCUT2D eigenvalue weighted by atomic mass is 9.95. The van der Waals surface area contributed by atoms with E-state index in [9.17, 15) is 4.79 Å². The van der Waals surface area contributed by atoms with Crippen molar-refractivity contribution in [2.45, 2.75) is 52.9 Å². The Bertz CT molecular complexity index is 780. The molecule has 0 saturated carbocycles. The lowest BCUT2D eigenvalue weighted by Crippen LogP contribution is -2.29. The van der Waals surface area contributed by atoms with Crippen molar-refractivity contribution in [3.63, 3.8) is 0 Å². The molecule has 0 aliphatic heterocycles. The minimum absolute atomic E-state index is 0.00740. The number of hydrogen-bond acceptors (Lipinski definition) is 3. The Balaban J connectivity index is 2.40. The van der Waals surface area contributed by atoms with Crippen LogP contribution in [0.3, 0.4) is 0 Å². The molecule has 1 aromatic carbocycles. The van der Waals surface area contributed by atoms with Gasteiger partial charge in [0.15, 0.2) is 0 Å². The SMILES string of the molecule is CCc1c(C)[nH]c(=O)c(N(C)CCCCCO)c1Cc1cccc(C)c1. The van der Waals surface area contributed by atoms with Gasteiger partial charge in [-0.3, -0.25) is 4.79 Å². The van der Waals surface area contributed by atoms with E-state index in [0.717, 1.165) is 55.6 Å². The monoisotopic (exact) mass is 356 g/mol. The first-order valence-corrected chi connectivity index (χ1v) is 9.60. The third kappa shape index (κ3) is 4.98. The zero-order valence-electron chi connectivity index (χ0n) is 16.6. The number of rotatable bonds is 9. The van der Waals surface area contributed by atoms with Gasteiger partial charge in [-0.15, -0.1) is 0 Å². The fourth-order valence-corrected chi connectivity index (χ4v) is 3.66. The van der Waals surface area contributed by atoms with Crippen LogP contribution in [0.4, 0.5) is 5.69 Å². The number of anilines is 1. The number of aromatic amines is 1. The van der Waals surface area contributed by atoms with Crippen molar-refractivity contribution < 1.29 is 5.11 Å². The largest absolute Gasteiger partial charge is 0.396 e. The van der Waals surface area contributed by atoms with Gasteiger partial charge in [-0.1, -0.05) is 36.8 Å². The summed E-state index contributed by atoms with van der Waals surface area (Å²) < 4.78 is 0. The van der Waals surface area contributed by atoms with Gasteiger partial charge in [0, 0.05) is 32.3 Å². The molecule has 0 amide bonds.